The molecule has 5 heteroatoms. The summed E-state index contributed by atoms with van der Waals surface area (Å²) in [6, 6.07) is 2.13. The summed E-state index contributed by atoms with van der Waals surface area (Å²) in [4.78, 5) is 23.0. The third kappa shape index (κ3) is 2.44. The Morgan fingerprint density at radius 2 is 2.06 bits per heavy atom. The molecule has 0 unspecified atom stereocenters. The van der Waals surface area contributed by atoms with Crippen molar-refractivity contribution in [3.05, 3.63) is 17.5 Å². The lowest BCUT2D eigenvalue weighted by molar-refractivity contribution is 0.0946. The highest BCUT2D eigenvalue weighted by atomic mass is 16.2. The smallest absolute Gasteiger partial charge is 0.270 e. The Morgan fingerprint density at radius 3 is 2.72 bits per heavy atom. The standard InChI is InChI=1S/C13H18N4O/c1-9-8-11(12(18)15-10-4-5-10)16-13(14-9)17-6-2-3-7-17/h8,10H,2-7H2,1H3,(H,15,18). The van der Waals surface area contributed by atoms with Gasteiger partial charge in [-0.3, -0.25) is 4.79 Å². The maximum atomic E-state index is 12.0. The van der Waals surface area contributed by atoms with E-state index in [0.29, 0.717) is 17.7 Å². The van der Waals surface area contributed by atoms with Crippen molar-refractivity contribution in [2.24, 2.45) is 0 Å². The van der Waals surface area contributed by atoms with E-state index in [2.05, 4.69) is 20.2 Å². The van der Waals surface area contributed by atoms with Gasteiger partial charge in [0.15, 0.2) is 0 Å². The fraction of sp³-hybridized carbons (Fsp3) is 0.615. The highest BCUT2D eigenvalue weighted by Crippen LogP contribution is 2.20. The van der Waals surface area contributed by atoms with Gasteiger partial charge < -0.3 is 10.2 Å². The number of hydrogen-bond donors (Lipinski definition) is 1. The number of nitrogens with zero attached hydrogens (tertiary/aromatic N) is 3. The van der Waals surface area contributed by atoms with Gasteiger partial charge in [-0.25, -0.2) is 9.97 Å². The van der Waals surface area contributed by atoms with Crippen LogP contribution in [0.15, 0.2) is 6.07 Å². The first-order valence-electron chi connectivity index (χ1n) is 6.64. The summed E-state index contributed by atoms with van der Waals surface area (Å²) in [6.07, 6.45) is 4.55. The quantitative estimate of drug-likeness (QED) is 0.872. The van der Waals surface area contributed by atoms with Gasteiger partial charge >= 0.3 is 0 Å². The molecule has 1 aromatic rings. The topological polar surface area (TPSA) is 58.1 Å². The third-order valence-corrected chi connectivity index (χ3v) is 3.38. The molecule has 0 spiro atoms. The molecule has 2 fully saturated rings. The van der Waals surface area contributed by atoms with Crippen LogP contribution in [0.4, 0.5) is 5.95 Å². The number of nitrogens with one attached hydrogen (secondary N) is 1. The molecule has 1 aliphatic carbocycles. The number of amides is 1. The van der Waals surface area contributed by atoms with E-state index in [4.69, 9.17) is 0 Å². The van der Waals surface area contributed by atoms with Gasteiger partial charge in [0, 0.05) is 24.8 Å². The molecular formula is C13H18N4O. The predicted molar refractivity (Wildman–Crippen MR) is 68.7 cm³/mol. The normalized spacial score (nSPS) is 19.1. The predicted octanol–water partition coefficient (Wildman–Crippen LogP) is 1.28. The van der Waals surface area contributed by atoms with Crippen LogP contribution in [0.5, 0.6) is 0 Å². The van der Waals surface area contributed by atoms with Crippen molar-refractivity contribution in [3.63, 3.8) is 0 Å². The number of aryl methyl sites for hydroxylation is 1. The van der Waals surface area contributed by atoms with Crippen LogP contribution in [0, 0.1) is 6.92 Å². The highest BCUT2D eigenvalue weighted by molar-refractivity contribution is 5.93. The van der Waals surface area contributed by atoms with Crippen LogP contribution in [-0.4, -0.2) is 35.0 Å². The van der Waals surface area contributed by atoms with E-state index in [-0.39, 0.29) is 5.91 Å². The van der Waals surface area contributed by atoms with Crippen LogP contribution in [-0.2, 0) is 0 Å². The van der Waals surface area contributed by atoms with E-state index in [1.807, 2.05) is 6.92 Å². The van der Waals surface area contributed by atoms with E-state index >= 15 is 0 Å². The number of aromatic nitrogens is 2. The van der Waals surface area contributed by atoms with Crippen molar-refractivity contribution in [1.82, 2.24) is 15.3 Å². The molecule has 1 N–H and O–H groups in total. The second-order valence-electron chi connectivity index (χ2n) is 5.14. The molecular weight excluding hydrogens is 228 g/mol. The minimum atomic E-state index is -0.0663. The molecule has 96 valence electrons. The average molecular weight is 246 g/mol. The zero-order chi connectivity index (χ0) is 12.5. The molecule has 0 aromatic carbocycles. The van der Waals surface area contributed by atoms with Crippen LogP contribution >= 0.6 is 0 Å². The molecule has 1 aliphatic heterocycles. The minimum Gasteiger partial charge on any atom is -0.348 e. The summed E-state index contributed by atoms with van der Waals surface area (Å²) < 4.78 is 0. The first-order chi connectivity index (χ1) is 8.72. The van der Waals surface area contributed by atoms with Gasteiger partial charge in [0.05, 0.1) is 0 Å². The zero-order valence-corrected chi connectivity index (χ0v) is 10.6. The zero-order valence-electron chi connectivity index (χ0n) is 10.6. The molecule has 0 bridgehead atoms. The van der Waals surface area contributed by atoms with E-state index < -0.39 is 0 Å². The summed E-state index contributed by atoms with van der Waals surface area (Å²) in [5.74, 6) is 0.636. The second-order valence-corrected chi connectivity index (χ2v) is 5.14. The van der Waals surface area contributed by atoms with Crippen molar-refractivity contribution in [2.45, 2.75) is 38.6 Å². The van der Waals surface area contributed by atoms with Gasteiger partial charge in [0.25, 0.3) is 5.91 Å². The molecule has 0 atom stereocenters. The van der Waals surface area contributed by atoms with Gasteiger partial charge in [-0.05, 0) is 38.7 Å². The van der Waals surface area contributed by atoms with Crippen molar-refractivity contribution >= 4 is 11.9 Å². The van der Waals surface area contributed by atoms with Crippen molar-refractivity contribution in [1.29, 1.82) is 0 Å². The molecule has 1 aromatic heterocycles. The maximum Gasteiger partial charge on any atom is 0.270 e. The molecule has 2 aliphatic rings. The Bertz CT molecular complexity index is 464. The monoisotopic (exact) mass is 246 g/mol. The fourth-order valence-electron chi connectivity index (χ4n) is 2.21. The van der Waals surface area contributed by atoms with Crippen LogP contribution in [0.2, 0.25) is 0 Å². The first-order valence-corrected chi connectivity index (χ1v) is 6.64. The van der Waals surface area contributed by atoms with E-state index in [1.165, 1.54) is 12.8 Å². The lowest BCUT2D eigenvalue weighted by Crippen LogP contribution is -2.28. The number of rotatable bonds is 3. The number of hydrogen-bond acceptors (Lipinski definition) is 4. The Kier molecular flexibility index (Phi) is 2.89. The summed E-state index contributed by atoms with van der Waals surface area (Å²) >= 11 is 0. The fourth-order valence-corrected chi connectivity index (χ4v) is 2.21. The molecule has 1 saturated carbocycles. The van der Waals surface area contributed by atoms with E-state index in [0.717, 1.165) is 31.6 Å². The van der Waals surface area contributed by atoms with Crippen LogP contribution in [0.25, 0.3) is 0 Å². The Hall–Kier alpha value is -1.65. The van der Waals surface area contributed by atoms with Gasteiger partial charge in [-0.1, -0.05) is 0 Å². The van der Waals surface area contributed by atoms with Gasteiger partial charge in [-0.15, -0.1) is 0 Å². The molecule has 1 saturated heterocycles. The number of carbonyl (C=O) groups is 1. The van der Waals surface area contributed by atoms with Crippen molar-refractivity contribution < 1.29 is 4.79 Å². The van der Waals surface area contributed by atoms with Crippen LogP contribution in [0.3, 0.4) is 0 Å². The highest BCUT2D eigenvalue weighted by Gasteiger charge is 2.25. The summed E-state index contributed by atoms with van der Waals surface area (Å²) in [6.45, 7) is 3.90. The second kappa shape index (κ2) is 4.55. The largest absolute Gasteiger partial charge is 0.348 e. The molecule has 2 heterocycles. The number of anilines is 1. The molecule has 18 heavy (non-hydrogen) atoms. The lowest BCUT2D eigenvalue weighted by Gasteiger charge is -2.16. The summed E-state index contributed by atoms with van der Waals surface area (Å²) in [5.41, 5.74) is 1.35. The number of carbonyl (C=O) groups excluding carboxylic acids is 1. The van der Waals surface area contributed by atoms with Crippen molar-refractivity contribution in [3.8, 4) is 0 Å². The van der Waals surface area contributed by atoms with Crippen LogP contribution in [0.1, 0.15) is 41.9 Å². The van der Waals surface area contributed by atoms with E-state index in [9.17, 15) is 4.79 Å². The summed E-state index contributed by atoms with van der Waals surface area (Å²) in [7, 11) is 0. The van der Waals surface area contributed by atoms with Crippen molar-refractivity contribution in [2.75, 3.05) is 18.0 Å². The lowest BCUT2D eigenvalue weighted by atomic mass is 10.3. The van der Waals surface area contributed by atoms with E-state index in [1.54, 1.807) is 6.07 Å². The summed E-state index contributed by atoms with van der Waals surface area (Å²) in [5, 5.41) is 2.97. The first kappa shape index (κ1) is 11.4. The maximum absolute atomic E-state index is 12.0. The minimum absolute atomic E-state index is 0.0663. The molecule has 0 radical (unpaired) electrons. The Morgan fingerprint density at radius 1 is 1.33 bits per heavy atom. The molecule has 3 rings (SSSR count). The molecule has 5 nitrogen and oxygen atoms in total. The van der Waals surface area contributed by atoms with Gasteiger partial charge in [-0.2, -0.15) is 0 Å². The van der Waals surface area contributed by atoms with Gasteiger partial charge in [0.1, 0.15) is 5.69 Å². The third-order valence-electron chi connectivity index (χ3n) is 3.38. The Balaban J connectivity index is 1.82. The molecule has 1 amide bonds. The average Bonchev–Trinajstić information content (AvgIpc) is 2.99. The van der Waals surface area contributed by atoms with Gasteiger partial charge in [0.2, 0.25) is 5.95 Å². The SMILES string of the molecule is Cc1cc(C(=O)NC2CC2)nc(N2CCCC2)n1. The Labute approximate surface area is 107 Å². The van der Waals surface area contributed by atoms with Crippen LogP contribution < -0.4 is 10.2 Å².